The summed E-state index contributed by atoms with van der Waals surface area (Å²) in [5.41, 5.74) is 5.90. The fraction of sp³-hybridized carbons (Fsp3) is 0.375. The Labute approximate surface area is 79.7 Å². The SMILES string of the molecule is C[C@](N)(CO)c1cnccc1Br. The van der Waals surface area contributed by atoms with Crippen LogP contribution >= 0.6 is 15.9 Å². The maximum Gasteiger partial charge on any atom is 0.0651 e. The molecule has 0 saturated carbocycles. The summed E-state index contributed by atoms with van der Waals surface area (Å²) in [6, 6.07) is 1.80. The largest absolute Gasteiger partial charge is 0.394 e. The van der Waals surface area contributed by atoms with Crippen LogP contribution in [-0.2, 0) is 5.54 Å². The Kier molecular flexibility index (Phi) is 2.82. The maximum atomic E-state index is 9.00. The minimum Gasteiger partial charge on any atom is -0.394 e. The third kappa shape index (κ3) is 1.83. The van der Waals surface area contributed by atoms with E-state index in [0.29, 0.717) is 0 Å². The monoisotopic (exact) mass is 230 g/mol. The van der Waals surface area contributed by atoms with Crippen molar-refractivity contribution in [3.05, 3.63) is 28.5 Å². The normalized spacial score (nSPS) is 15.7. The van der Waals surface area contributed by atoms with E-state index in [0.717, 1.165) is 10.0 Å². The average Bonchev–Trinajstić information content (AvgIpc) is 2.05. The number of hydrogen-bond donors (Lipinski definition) is 2. The van der Waals surface area contributed by atoms with Gasteiger partial charge in [-0.1, -0.05) is 15.9 Å². The van der Waals surface area contributed by atoms with Gasteiger partial charge in [-0.15, -0.1) is 0 Å². The van der Waals surface area contributed by atoms with E-state index in [9.17, 15) is 0 Å². The zero-order valence-electron chi connectivity index (χ0n) is 6.79. The highest BCUT2D eigenvalue weighted by Gasteiger charge is 2.22. The number of pyridine rings is 1. The topological polar surface area (TPSA) is 59.1 Å². The molecule has 0 aromatic carbocycles. The molecule has 1 heterocycles. The van der Waals surface area contributed by atoms with Crippen LogP contribution in [0.2, 0.25) is 0 Å². The number of nitrogens with two attached hydrogens (primary N) is 1. The Balaban J connectivity index is 3.10. The molecule has 0 fully saturated rings. The molecule has 0 aliphatic rings. The van der Waals surface area contributed by atoms with Crippen molar-refractivity contribution in [2.75, 3.05) is 6.61 Å². The van der Waals surface area contributed by atoms with Crippen LogP contribution in [0, 0.1) is 0 Å². The van der Waals surface area contributed by atoms with Crippen molar-refractivity contribution in [2.24, 2.45) is 5.73 Å². The van der Waals surface area contributed by atoms with Crippen LogP contribution in [0.15, 0.2) is 22.9 Å². The molecule has 0 amide bonds. The molecule has 3 N–H and O–H groups in total. The van der Waals surface area contributed by atoms with Crippen LogP contribution in [0.4, 0.5) is 0 Å². The number of halogens is 1. The zero-order chi connectivity index (χ0) is 9.19. The average molecular weight is 231 g/mol. The van der Waals surface area contributed by atoms with Gasteiger partial charge in [-0.25, -0.2) is 0 Å². The minimum absolute atomic E-state index is 0.0999. The van der Waals surface area contributed by atoms with E-state index >= 15 is 0 Å². The van der Waals surface area contributed by atoms with Gasteiger partial charge in [0, 0.05) is 22.4 Å². The third-order valence-corrected chi connectivity index (χ3v) is 2.40. The van der Waals surface area contributed by atoms with E-state index in [1.807, 2.05) is 0 Å². The summed E-state index contributed by atoms with van der Waals surface area (Å²) in [6.07, 6.45) is 3.32. The Bertz CT molecular complexity index is 276. The van der Waals surface area contributed by atoms with Gasteiger partial charge in [0.05, 0.1) is 12.1 Å². The number of aliphatic hydroxyl groups is 1. The van der Waals surface area contributed by atoms with Gasteiger partial charge in [0.15, 0.2) is 0 Å². The first kappa shape index (κ1) is 9.64. The molecule has 0 aliphatic heterocycles. The highest BCUT2D eigenvalue weighted by atomic mass is 79.9. The van der Waals surface area contributed by atoms with Crippen LogP contribution in [-0.4, -0.2) is 16.7 Å². The van der Waals surface area contributed by atoms with E-state index in [4.69, 9.17) is 10.8 Å². The summed E-state index contributed by atoms with van der Waals surface area (Å²) in [5.74, 6) is 0. The molecule has 66 valence electrons. The summed E-state index contributed by atoms with van der Waals surface area (Å²) in [6.45, 7) is 1.66. The second-order valence-electron chi connectivity index (χ2n) is 2.93. The number of nitrogens with zero attached hydrogens (tertiary/aromatic N) is 1. The molecule has 0 spiro atoms. The molecule has 0 bridgehead atoms. The van der Waals surface area contributed by atoms with Gasteiger partial charge >= 0.3 is 0 Å². The van der Waals surface area contributed by atoms with Gasteiger partial charge in [0.1, 0.15) is 0 Å². The molecule has 0 unspecified atom stereocenters. The number of rotatable bonds is 2. The molecule has 4 heteroatoms. The smallest absolute Gasteiger partial charge is 0.0651 e. The van der Waals surface area contributed by atoms with E-state index in [2.05, 4.69) is 20.9 Å². The summed E-state index contributed by atoms with van der Waals surface area (Å²) in [5, 5.41) is 9.00. The molecule has 3 nitrogen and oxygen atoms in total. The molecule has 0 saturated heterocycles. The van der Waals surface area contributed by atoms with Gasteiger partial charge in [0.25, 0.3) is 0 Å². The number of aromatic nitrogens is 1. The minimum atomic E-state index is -0.729. The Morgan fingerprint density at radius 1 is 1.75 bits per heavy atom. The third-order valence-electron chi connectivity index (χ3n) is 1.71. The standard InChI is InChI=1S/C8H11BrN2O/c1-8(10,5-12)6-4-11-3-2-7(6)9/h2-4,12H,5,10H2,1H3/t8-/m0/s1. The fourth-order valence-corrected chi connectivity index (χ4v) is 1.56. The van der Waals surface area contributed by atoms with Crippen molar-refractivity contribution in [3.63, 3.8) is 0 Å². The quantitative estimate of drug-likeness (QED) is 0.798. The fourth-order valence-electron chi connectivity index (χ4n) is 0.883. The second kappa shape index (κ2) is 3.51. The van der Waals surface area contributed by atoms with Gasteiger partial charge in [0.2, 0.25) is 0 Å². The number of aliphatic hydroxyl groups excluding tert-OH is 1. The Morgan fingerprint density at radius 3 is 2.92 bits per heavy atom. The van der Waals surface area contributed by atoms with Crippen LogP contribution in [0.25, 0.3) is 0 Å². The Morgan fingerprint density at radius 2 is 2.42 bits per heavy atom. The van der Waals surface area contributed by atoms with Gasteiger partial charge in [-0.3, -0.25) is 4.98 Å². The van der Waals surface area contributed by atoms with Crippen molar-refractivity contribution >= 4 is 15.9 Å². The predicted molar refractivity (Wildman–Crippen MR) is 50.6 cm³/mol. The molecule has 1 atom stereocenters. The second-order valence-corrected chi connectivity index (χ2v) is 3.79. The Hall–Kier alpha value is -0.450. The highest BCUT2D eigenvalue weighted by Crippen LogP contribution is 2.24. The molecule has 0 aliphatic carbocycles. The molecular weight excluding hydrogens is 220 g/mol. The molecule has 1 rings (SSSR count). The van der Waals surface area contributed by atoms with E-state index in [-0.39, 0.29) is 6.61 Å². The zero-order valence-corrected chi connectivity index (χ0v) is 8.37. The summed E-state index contributed by atoms with van der Waals surface area (Å²) >= 11 is 3.34. The van der Waals surface area contributed by atoms with Crippen molar-refractivity contribution in [1.29, 1.82) is 0 Å². The molecule has 12 heavy (non-hydrogen) atoms. The summed E-state index contributed by atoms with van der Waals surface area (Å²) < 4.78 is 0.872. The lowest BCUT2D eigenvalue weighted by molar-refractivity contribution is 0.209. The van der Waals surface area contributed by atoms with Crippen molar-refractivity contribution in [2.45, 2.75) is 12.5 Å². The lowest BCUT2D eigenvalue weighted by Crippen LogP contribution is -2.37. The molecule has 0 radical (unpaired) electrons. The van der Waals surface area contributed by atoms with E-state index in [1.165, 1.54) is 0 Å². The van der Waals surface area contributed by atoms with Crippen LogP contribution in [0.1, 0.15) is 12.5 Å². The van der Waals surface area contributed by atoms with Gasteiger partial charge in [-0.2, -0.15) is 0 Å². The first-order valence-corrected chi connectivity index (χ1v) is 4.37. The van der Waals surface area contributed by atoms with Crippen molar-refractivity contribution < 1.29 is 5.11 Å². The van der Waals surface area contributed by atoms with Crippen molar-refractivity contribution in [3.8, 4) is 0 Å². The first-order valence-electron chi connectivity index (χ1n) is 3.57. The molecule has 1 aromatic heterocycles. The maximum absolute atomic E-state index is 9.00. The van der Waals surface area contributed by atoms with E-state index < -0.39 is 5.54 Å². The highest BCUT2D eigenvalue weighted by molar-refractivity contribution is 9.10. The van der Waals surface area contributed by atoms with Gasteiger partial charge < -0.3 is 10.8 Å². The van der Waals surface area contributed by atoms with Gasteiger partial charge in [-0.05, 0) is 13.0 Å². The predicted octanol–water partition coefficient (Wildman–Crippen LogP) is 1.01. The summed E-state index contributed by atoms with van der Waals surface area (Å²) in [7, 11) is 0. The van der Waals surface area contributed by atoms with Crippen LogP contribution in [0.5, 0.6) is 0 Å². The number of hydrogen-bond acceptors (Lipinski definition) is 3. The van der Waals surface area contributed by atoms with Crippen molar-refractivity contribution in [1.82, 2.24) is 4.98 Å². The molecule has 1 aromatic rings. The lowest BCUT2D eigenvalue weighted by atomic mass is 9.96. The lowest BCUT2D eigenvalue weighted by Gasteiger charge is -2.22. The van der Waals surface area contributed by atoms with E-state index in [1.54, 1.807) is 25.4 Å². The first-order chi connectivity index (χ1) is 5.58. The van der Waals surface area contributed by atoms with Crippen LogP contribution < -0.4 is 5.73 Å². The molecular formula is C8H11BrN2O. The van der Waals surface area contributed by atoms with Crippen LogP contribution in [0.3, 0.4) is 0 Å². The summed E-state index contributed by atoms with van der Waals surface area (Å²) in [4.78, 5) is 3.94.